The maximum Gasteiger partial charge on any atom is 0.342 e. The Labute approximate surface area is 185 Å². The van der Waals surface area contributed by atoms with Gasteiger partial charge in [0.25, 0.3) is 5.91 Å². The van der Waals surface area contributed by atoms with Crippen LogP contribution >= 0.6 is 0 Å². The Bertz CT molecular complexity index is 922. The lowest BCUT2D eigenvalue weighted by atomic mass is 9.92. The molecule has 0 bridgehead atoms. The van der Waals surface area contributed by atoms with Crippen molar-refractivity contribution in [1.82, 2.24) is 4.90 Å². The molecule has 1 aromatic carbocycles. The van der Waals surface area contributed by atoms with E-state index >= 15 is 0 Å². The molecule has 0 unspecified atom stereocenters. The molecule has 1 amide bonds. The van der Waals surface area contributed by atoms with Crippen LogP contribution < -0.4 is 0 Å². The molecule has 0 aromatic heterocycles. The normalized spacial score (nSPS) is 18.9. The Hall–Kier alpha value is -2.09. The Morgan fingerprint density at radius 1 is 1.16 bits per heavy atom. The highest BCUT2D eigenvalue weighted by Crippen LogP contribution is 2.33. The third-order valence-corrected chi connectivity index (χ3v) is 7.70. The Balaban J connectivity index is 2.21. The van der Waals surface area contributed by atoms with Crippen molar-refractivity contribution in [2.24, 2.45) is 0 Å². The van der Waals surface area contributed by atoms with Crippen molar-refractivity contribution >= 4 is 21.7 Å². The van der Waals surface area contributed by atoms with E-state index in [1.807, 2.05) is 47.6 Å². The van der Waals surface area contributed by atoms with Crippen molar-refractivity contribution in [3.8, 4) is 5.75 Å². The molecule has 1 fully saturated rings. The number of hydrogen-bond acceptors (Lipinski definition) is 6. The summed E-state index contributed by atoms with van der Waals surface area (Å²) in [5.41, 5.74) is 1.60. The van der Waals surface area contributed by atoms with Gasteiger partial charge in [-0.15, -0.1) is 0 Å². The summed E-state index contributed by atoms with van der Waals surface area (Å²) in [6.45, 7) is 11.1. The Morgan fingerprint density at radius 2 is 1.81 bits per heavy atom. The molecule has 1 aromatic rings. The van der Waals surface area contributed by atoms with Gasteiger partial charge in [0.05, 0.1) is 11.5 Å². The lowest BCUT2D eigenvalue weighted by Gasteiger charge is -2.33. The van der Waals surface area contributed by atoms with E-state index in [2.05, 4.69) is 0 Å². The van der Waals surface area contributed by atoms with Crippen molar-refractivity contribution in [2.75, 3.05) is 18.1 Å². The van der Waals surface area contributed by atoms with Crippen molar-refractivity contribution in [3.05, 3.63) is 28.8 Å². The maximum atomic E-state index is 12.9. The van der Waals surface area contributed by atoms with Crippen LogP contribution in [0.25, 0.3) is 0 Å². The first-order valence-electron chi connectivity index (χ1n) is 10.9. The molecule has 0 spiro atoms. The number of sulfone groups is 1. The second kappa shape index (κ2) is 10.0. The summed E-state index contributed by atoms with van der Waals surface area (Å²) in [6.07, 6.45) is 1.05. The molecule has 0 aliphatic carbocycles. The average molecular weight is 454 g/mol. The number of esters is 1. The Morgan fingerprint density at radius 3 is 2.29 bits per heavy atom. The van der Waals surface area contributed by atoms with Crippen molar-refractivity contribution < 1.29 is 27.9 Å². The standard InChI is InChI=1S/C23H35NO6S/c1-7-16(6)24(18-8-9-31(28,29)13-18)21(25)12-30-23(27)20-11-17(14(2)3)10-19(15(4)5)22(20)26/h10-11,14-16,18,26H,7-9,12-13H2,1-6H3/t16-,18+/m1/s1. The van der Waals surface area contributed by atoms with E-state index in [1.165, 1.54) is 0 Å². The number of hydrogen-bond donors (Lipinski definition) is 1. The third-order valence-electron chi connectivity index (χ3n) is 5.95. The number of phenolic OH excluding ortho intramolecular Hbond substituents is 1. The Kier molecular flexibility index (Phi) is 8.14. The molecule has 7 nitrogen and oxygen atoms in total. The van der Waals surface area contributed by atoms with E-state index in [0.717, 1.165) is 5.56 Å². The van der Waals surface area contributed by atoms with Crippen molar-refractivity contribution in [1.29, 1.82) is 0 Å². The van der Waals surface area contributed by atoms with Crippen molar-refractivity contribution in [2.45, 2.75) is 78.3 Å². The second-order valence-electron chi connectivity index (χ2n) is 9.01. The van der Waals surface area contributed by atoms with Gasteiger partial charge in [0.1, 0.15) is 11.3 Å². The highest BCUT2D eigenvalue weighted by Gasteiger charge is 2.37. The van der Waals surface area contributed by atoms with Crippen LogP contribution in [0.2, 0.25) is 0 Å². The summed E-state index contributed by atoms with van der Waals surface area (Å²) < 4.78 is 29.1. The number of nitrogens with zero attached hydrogens (tertiary/aromatic N) is 1. The summed E-state index contributed by atoms with van der Waals surface area (Å²) in [7, 11) is -3.16. The summed E-state index contributed by atoms with van der Waals surface area (Å²) in [5.74, 6) is -1.16. The maximum absolute atomic E-state index is 12.9. The average Bonchev–Trinajstić information content (AvgIpc) is 3.04. The molecule has 1 heterocycles. The fraction of sp³-hybridized carbons (Fsp3) is 0.652. The van der Waals surface area contributed by atoms with Crippen LogP contribution in [0.4, 0.5) is 0 Å². The molecule has 1 aliphatic heterocycles. The highest BCUT2D eigenvalue weighted by atomic mass is 32.2. The number of ether oxygens (including phenoxy) is 1. The molecule has 8 heteroatoms. The fourth-order valence-electron chi connectivity index (χ4n) is 3.89. The van der Waals surface area contributed by atoms with Crippen LogP contribution in [0.5, 0.6) is 5.75 Å². The van der Waals surface area contributed by atoms with Crippen LogP contribution in [-0.2, 0) is 19.4 Å². The number of benzene rings is 1. The minimum absolute atomic E-state index is 0.0112. The van der Waals surface area contributed by atoms with E-state index in [1.54, 1.807) is 11.0 Å². The van der Waals surface area contributed by atoms with E-state index < -0.39 is 34.4 Å². The first-order chi connectivity index (χ1) is 14.4. The molecule has 2 atom stereocenters. The topological polar surface area (TPSA) is 101 Å². The van der Waals surface area contributed by atoms with Gasteiger partial charge in [-0.05, 0) is 48.8 Å². The third kappa shape index (κ3) is 5.99. The quantitative estimate of drug-likeness (QED) is 0.604. The smallest absolute Gasteiger partial charge is 0.342 e. The summed E-state index contributed by atoms with van der Waals surface area (Å²) >= 11 is 0. The van der Waals surface area contributed by atoms with E-state index in [4.69, 9.17) is 4.74 Å². The zero-order valence-corrected chi connectivity index (χ0v) is 20.2. The second-order valence-corrected chi connectivity index (χ2v) is 11.2. The molecule has 31 heavy (non-hydrogen) atoms. The van der Waals surface area contributed by atoms with Gasteiger partial charge in [-0.3, -0.25) is 4.79 Å². The number of carbonyl (C=O) groups excluding carboxylic acids is 2. The molecule has 1 N–H and O–H groups in total. The van der Waals surface area contributed by atoms with Crippen molar-refractivity contribution in [3.63, 3.8) is 0 Å². The number of aromatic hydroxyl groups is 1. The largest absolute Gasteiger partial charge is 0.507 e. The van der Waals surface area contributed by atoms with Gasteiger partial charge in [-0.1, -0.05) is 40.7 Å². The SMILES string of the molecule is CC[C@@H](C)N(C(=O)COC(=O)c1cc(C(C)C)cc(C(C)C)c1O)[C@H]1CCS(=O)(=O)C1. The highest BCUT2D eigenvalue weighted by molar-refractivity contribution is 7.91. The predicted molar refractivity (Wildman–Crippen MR) is 120 cm³/mol. The molecular weight excluding hydrogens is 418 g/mol. The van der Waals surface area contributed by atoms with Crippen LogP contribution in [-0.4, -0.2) is 60.5 Å². The summed E-state index contributed by atoms with van der Waals surface area (Å²) in [4.78, 5) is 27.2. The van der Waals surface area contributed by atoms with Gasteiger partial charge in [-0.2, -0.15) is 0 Å². The van der Waals surface area contributed by atoms with Crippen LogP contribution in [0, 0.1) is 0 Å². The first-order valence-corrected chi connectivity index (χ1v) is 12.8. The molecule has 174 valence electrons. The number of rotatable bonds is 8. The molecule has 0 saturated carbocycles. The van der Waals surface area contributed by atoms with Gasteiger partial charge < -0.3 is 14.7 Å². The lowest BCUT2D eigenvalue weighted by Crippen LogP contribution is -2.48. The number of carbonyl (C=O) groups is 2. The number of phenols is 1. The van der Waals surface area contributed by atoms with Crippen LogP contribution in [0.15, 0.2) is 12.1 Å². The summed E-state index contributed by atoms with van der Waals surface area (Å²) in [6, 6.07) is 2.91. The molecule has 1 aliphatic rings. The van der Waals surface area contributed by atoms with Gasteiger partial charge in [0.15, 0.2) is 16.4 Å². The van der Waals surface area contributed by atoms with Gasteiger partial charge in [0.2, 0.25) is 0 Å². The molecular formula is C23H35NO6S. The van der Waals surface area contributed by atoms with Crippen LogP contribution in [0.1, 0.15) is 87.7 Å². The molecule has 1 saturated heterocycles. The zero-order chi connectivity index (χ0) is 23.5. The van der Waals surface area contributed by atoms with E-state index in [9.17, 15) is 23.1 Å². The van der Waals surface area contributed by atoms with Gasteiger partial charge >= 0.3 is 5.97 Å². The molecule has 0 radical (unpaired) electrons. The molecule has 2 rings (SSSR count). The van der Waals surface area contributed by atoms with Crippen LogP contribution in [0.3, 0.4) is 0 Å². The zero-order valence-electron chi connectivity index (χ0n) is 19.3. The first kappa shape index (κ1) is 25.2. The van der Waals surface area contributed by atoms with Gasteiger partial charge in [0, 0.05) is 12.1 Å². The fourth-order valence-corrected chi connectivity index (χ4v) is 5.60. The van der Waals surface area contributed by atoms with E-state index in [-0.39, 0.29) is 40.7 Å². The summed E-state index contributed by atoms with van der Waals surface area (Å²) in [5, 5.41) is 10.6. The number of amides is 1. The minimum atomic E-state index is -3.16. The lowest BCUT2D eigenvalue weighted by molar-refractivity contribution is -0.138. The predicted octanol–water partition coefficient (Wildman–Crippen LogP) is 3.61. The van der Waals surface area contributed by atoms with E-state index in [0.29, 0.717) is 18.4 Å². The monoisotopic (exact) mass is 453 g/mol. The van der Waals surface area contributed by atoms with Gasteiger partial charge in [-0.25, -0.2) is 13.2 Å². The minimum Gasteiger partial charge on any atom is -0.507 e.